The molecule has 29 heavy (non-hydrogen) atoms. The second-order valence-electron chi connectivity index (χ2n) is 7.35. The standard InChI is InChI=1S/C22H25N3O4/c1-14-7-9-23-20-17(22(27)24-18-8-10-29-13-19(18)26)12-25(21(14)20)11-15-3-5-16(28-2)6-4-15/h3-7,9,12,18-19,26H,8,10-11,13H2,1-2H3,(H,24,27)/t18-,19-/m0/s1. The van der Waals surface area contributed by atoms with E-state index < -0.39 is 6.10 Å². The lowest BCUT2D eigenvalue weighted by Crippen LogP contribution is -2.48. The van der Waals surface area contributed by atoms with Gasteiger partial charge in [-0.15, -0.1) is 0 Å². The third kappa shape index (κ3) is 3.97. The molecule has 152 valence electrons. The first-order chi connectivity index (χ1) is 14.1. The second kappa shape index (κ2) is 8.23. The molecule has 0 aliphatic carbocycles. The molecule has 2 aromatic heterocycles. The molecule has 0 bridgehead atoms. The van der Waals surface area contributed by atoms with E-state index in [1.165, 1.54) is 0 Å². The number of hydrogen-bond donors (Lipinski definition) is 2. The molecule has 0 spiro atoms. The van der Waals surface area contributed by atoms with Crippen molar-refractivity contribution in [3.63, 3.8) is 0 Å². The summed E-state index contributed by atoms with van der Waals surface area (Å²) < 4.78 is 12.5. The molecule has 4 rings (SSSR count). The number of rotatable bonds is 5. The Bertz CT molecular complexity index is 1010. The minimum absolute atomic E-state index is 0.229. The molecule has 2 atom stereocenters. The Balaban J connectivity index is 1.66. The average Bonchev–Trinajstić information content (AvgIpc) is 3.10. The fourth-order valence-corrected chi connectivity index (χ4v) is 3.75. The number of carbonyl (C=O) groups is 1. The van der Waals surface area contributed by atoms with Crippen molar-refractivity contribution in [2.75, 3.05) is 20.3 Å². The Morgan fingerprint density at radius 2 is 2.14 bits per heavy atom. The zero-order valence-electron chi connectivity index (χ0n) is 16.6. The molecule has 7 heteroatoms. The van der Waals surface area contributed by atoms with Crippen molar-refractivity contribution in [3.05, 3.63) is 59.4 Å². The molecule has 1 saturated heterocycles. The number of hydrogen-bond acceptors (Lipinski definition) is 5. The molecular formula is C22H25N3O4. The van der Waals surface area contributed by atoms with Gasteiger partial charge in [-0.3, -0.25) is 9.78 Å². The van der Waals surface area contributed by atoms with Crippen LogP contribution in [-0.4, -0.2) is 53.0 Å². The number of carbonyl (C=O) groups excluding carboxylic acids is 1. The molecule has 1 aliphatic heterocycles. The highest BCUT2D eigenvalue weighted by atomic mass is 16.5. The van der Waals surface area contributed by atoms with Crippen LogP contribution in [0.25, 0.3) is 11.0 Å². The summed E-state index contributed by atoms with van der Waals surface area (Å²) in [5.41, 5.74) is 4.25. The third-order valence-corrected chi connectivity index (χ3v) is 5.35. The molecule has 7 nitrogen and oxygen atoms in total. The predicted molar refractivity (Wildman–Crippen MR) is 109 cm³/mol. The fourth-order valence-electron chi connectivity index (χ4n) is 3.75. The molecule has 1 fully saturated rings. The van der Waals surface area contributed by atoms with Crippen molar-refractivity contribution in [3.8, 4) is 5.75 Å². The molecule has 0 unspecified atom stereocenters. The number of aromatic nitrogens is 2. The highest BCUT2D eigenvalue weighted by Gasteiger charge is 2.27. The minimum atomic E-state index is -0.699. The van der Waals surface area contributed by atoms with Crippen molar-refractivity contribution >= 4 is 16.9 Å². The Hall–Kier alpha value is -2.90. The SMILES string of the molecule is COc1ccc(Cn2cc(C(=O)N[C@H]3CCOC[C@@H]3O)c3nccc(C)c32)cc1. The topological polar surface area (TPSA) is 85.6 Å². The quantitative estimate of drug-likeness (QED) is 0.692. The van der Waals surface area contributed by atoms with Gasteiger partial charge in [0.25, 0.3) is 5.91 Å². The lowest BCUT2D eigenvalue weighted by atomic mass is 10.1. The molecule has 0 radical (unpaired) electrons. The Morgan fingerprint density at radius 3 is 2.86 bits per heavy atom. The summed E-state index contributed by atoms with van der Waals surface area (Å²) in [4.78, 5) is 17.5. The third-order valence-electron chi connectivity index (χ3n) is 5.35. The van der Waals surface area contributed by atoms with Gasteiger partial charge in [0.2, 0.25) is 0 Å². The van der Waals surface area contributed by atoms with Crippen LogP contribution in [0.1, 0.15) is 27.9 Å². The van der Waals surface area contributed by atoms with E-state index in [1.807, 2.05) is 43.5 Å². The van der Waals surface area contributed by atoms with E-state index in [1.54, 1.807) is 13.3 Å². The van der Waals surface area contributed by atoms with Gasteiger partial charge in [0.1, 0.15) is 11.3 Å². The maximum absolute atomic E-state index is 13.0. The zero-order chi connectivity index (χ0) is 20.4. The molecular weight excluding hydrogens is 370 g/mol. The number of pyridine rings is 1. The van der Waals surface area contributed by atoms with E-state index in [0.29, 0.717) is 30.7 Å². The Labute approximate surface area is 169 Å². The molecule has 1 amide bonds. The zero-order valence-corrected chi connectivity index (χ0v) is 16.6. The molecule has 1 aromatic carbocycles. The summed E-state index contributed by atoms with van der Waals surface area (Å²) in [5, 5.41) is 13.0. The van der Waals surface area contributed by atoms with Crippen LogP contribution in [0.2, 0.25) is 0 Å². The van der Waals surface area contributed by atoms with Crippen LogP contribution in [0.5, 0.6) is 5.75 Å². The van der Waals surface area contributed by atoms with Crippen LogP contribution < -0.4 is 10.1 Å². The van der Waals surface area contributed by atoms with E-state index in [-0.39, 0.29) is 18.6 Å². The maximum Gasteiger partial charge on any atom is 0.255 e. The van der Waals surface area contributed by atoms with Crippen LogP contribution in [0.15, 0.2) is 42.7 Å². The van der Waals surface area contributed by atoms with Gasteiger partial charge >= 0.3 is 0 Å². The van der Waals surface area contributed by atoms with Crippen molar-refractivity contribution in [2.45, 2.75) is 32.0 Å². The number of amides is 1. The van der Waals surface area contributed by atoms with Gasteiger partial charge in [-0.1, -0.05) is 12.1 Å². The normalized spacial score (nSPS) is 19.3. The van der Waals surface area contributed by atoms with E-state index in [4.69, 9.17) is 9.47 Å². The summed E-state index contributed by atoms with van der Waals surface area (Å²) >= 11 is 0. The highest BCUT2D eigenvalue weighted by Crippen LogP contribution is 2.24. The molecule has 0 saturated carbocycles. The van der Waals surface area contributed by atoms with Crippen molar-refractivity contribution in [1.82, 2.24) is 14.9 Å². The summed E-state index contributed by atoms with van der Waals surface area (Å²) in [7, 11) is 1.64. The van der Waals surface area contributed by atoms with Gasteiger partial charge in [-0.2, -0.15) is 0 Å². The number of aryl methyl sites for hydroxylation is 1. The van der Waals surface area contributed by atoms with Gasteiger partial charge in [0.15, 0.2) is 0 Å². The van der Waals surface area contributed by atoms with Crippen molar-refractivity contribution in [2.24, 2.45) is 0 Å². The highest BCUT2D eigenvalue weighted by molar-refractivity contribution is 6.06. The summed E-state index contributed by atoms with van der Waals surface area (Å²) in [6.07, 6.45) is 3.45. The van der Waals surface area contributed by atoms with Crippen molar-refractivity contribution < 1.29 is 19.4 Å². The van der Waals surface area contributed by atoms with Gasteiger partial charge in [0.05, 0.1) is 36.9 Å². The summed E-state index contributed by atoms with van der Waals surface area (Å²) in [5.74, 6) is 0.576. The number of fused-ring (bicyclic) bond motifs is 1. The van der Waals surface area contributed by atoms with Gasteiger partial charge in [0, 0.05) is 25.5 Å². The van der Waals surface area contributed by atoms with Crippen LogP contribution in [0.4, 0.5) is 0 Å². The number of nitrogens with zero attached hydrogens (tertiary/aromatic N) is 2. The monoisotopic (exact) mass is 395 g/mol. The number of ether oxygens (including phenoxy) is 2. The first-order valence-corrected chi connectivity index (χ1v) is 9.71. The Kier molecular flexibility index (Phi) is 5.51. The van der Waals surface area contributed by atoms with E-state index in [9.17, 15) is 9.90 Å². The van der Waals surface area contributed by atoms with Gasteiger partial charge in [-0.05, 0) is 42.7 Å². The lowest BCUT2D eigenvalue weighted by molar-refractivity contribution is -0.0260. The predicted octanol–water partition coefficient (Wildman–Crippen LogP) is 2.28. The number of aliphatic hydroxyl groups excluding tert-OH is 1. The minimum Gasteiger partial charge on any atom is -0.497 e. The van der Waals surface area contributed by atoms with E-state index in [2.05, 4.69) is 14.9 Å². The van der Waals surface area contributed by atoms with E-state index >= 15 is 0 Å². The van der Waals surface area contributed by atoms with Gasteiger partial charge < -0.3 is 24.5 Å². The average molecular weight is 395 g/mol. The number of nitrogens with one attached hydrogen (secondary N) is 1. The number of methoxy groups -OCH3 is 1. The largest absolute Gasteiger partial charge is 0.497 e. The number of aliphatic hydroxyl groups is 1. The lowest BCUT2D eigenvalue weighted by Gasteiger charge is -2.28. The van der Waals surface area contributed by atoms with Crippen LogP contribution in [0, 0.1) is 6.92 Å². The maximum atomic E-state index is 13.0. The second-order valence-corrected chi connectivity index (χ2v) is 7.35. The summed E-state index contributed by atoms with van der Waals surface area (Å²) in [6, 6.07) is 9.49. The van der Waals surface area contributed by atoms with Crippen LogP contribution in [0.3, 0.4) is 0 Å². The van der Waals surface area contributed by atoms with Crippen molar-refractivity contribution in [1.29, 1.82) is 0 Å². The summed E-state index contributed by atoms with van der Waals surface area (Å²) in [6.45, 7) is 3.39. The molecule has 1 aliphatic rings. The molecule has 3 heterocycles. The van der Waals surface area contributed by atoms with Crippen LogP contribution >= 0.6 is 0 Å². The first-order valence-electron chi connectivity index (χ1n) is 9.71. The number of benzene rings is 1. The molecule has 2 N–H and O–H groups in total. The first kappa shape index (κ1) is 19.4. The molecule has 3 aromatic rings. The smallest absolute Gasteiger partial charge is 0.255 e. The fraction of sp³-hybridized carbons (Fsp3) is 0.364. The van der Waals surface area contributed by atoms with E-state index in [0.717, 1.165) is 22.4 Å². The van der Waals surface area contributed by atoms with Gasteiger partial charge in [-0.25, -0.2) is 0 Å². The van der Waals surface area contributed by atoms with Crippen LogP contribution in [-0.2, 0) is 11.3 Å². The Morgan fingerprint density at radius 1 is 1.34 bits per heavy atom.